The molecule has 0 aliphatic rings. The highest BCUT2D eigenvalue weighted by Crippen LogP contribution is 2.29. The van der Waals surface area contributed by atoms with Crippen LogP contribution >= 0.6 is 0 Å². The quantitative estimate of drug-likeness (QED) is 0.707. The first-order chi connectivity index (χ1) is 10.8. The summed E-state index contributed by atoms with van der Waals surface area (Å²) in [4.78, 5) is 0. The molecule has 1 atom stereocenters. The van der Waals surface area contributed by atoms with Crippen molar-refractivity contribution in [1.82, 2.24) is 0 Å². The molecule has 1 unspecified atom stereocenters. The summed E-state index contributed by atoms with van der Waals surface area (Å²) in [5.41, 5.74) is 4.87. The topological polar surface area (TPSA) is 20.2 Å². The Labute approximate surface area is 131 Å². The number of rotatable bonds is 4. The third kappa shape index (κ3) is 3.00. The molecular weight excluding hydrogens is 268 g/mol. The summed E-state index contributed by atoms with van der Waals surface area (Å²) in [5.74, 6) is 0. The number of aliphatic hydroxyl groups excluding tert-OH is 1. The molecular formula is C21H18O. The van der Waals surface area contributed by atoms with E-state index in [4.69, 9.17) is 0 Å². The van der Waals surface area contributed by atoms with Gasteiger partial charge >= 0.3 is 0 Å². The highest BCUT2D eigenvalue weighted by molar-refractivity contribution is 5.72. The van der Waals surface area contributed by atoms with Crippen molar-refractivity contribution in [1.29, 1.82) is 0 Å². The smallest absolute Gasteiger partial charge is 0.104 e. The molecule has 0 spiro atoms. The van der Waals surface area contributed by atoms with Gasteiger partial charge in [-0.2, -0.15) is 0 Å². The summed E-state index contributed by atoms with van der Waals surface area (Å²) in [7, 11) is 0. The minimum Gasteiger partial charge on any atom is -0.384 e. The lowest BCUT2D eigenvalue weighted by atomic mass is 9.95. The third-order valence-corrected chi connectivity index (χ3v) is 3.81. The molecule has 0 aromatic heterocycles. The predicted molar refractivity (Wildman–Crippen MR) is 92.3 cm³/mol. The highest BCUT2D eigenvalue weighted by Gasteiger charge is 2.12. The molecule has 1 N–H and O–H groups in total. The van der Waals surface area contributed by atoms with Crippen molar-refractivity contribution in [3.05, 3.63) is 103 Å². The van der Waals surface area contributed by atoms with E-state index < -0.39 is 6.10 Å². The van der Waals surface area contributed by atoms with Crippen molar-refractivity contribution in [2.24, 2.45) is 0 Å². The second-order valence-corrected chi connectivity index (χ2v) is 5.28. The maximum Gasteiger partial charge on any atom is 0.104 e. The predicted octanol–water partition coefficient (Wildman–Crippen LogP) is 5.10. The first-order valence-electron chi connectivity index (χ1n) is 7.33. The van der Waals surface area contributed by atoms with Gasteiger partial charge < -0.3 is 5.11 Å². The molecule has 0 radical (unpaired) electrons. The van der Waals surface area contributed by atoms with Crippen LogP contribution in [0.4, 0.5) is 0 Å². The van der Waals surface area contributed by atoms with E-state index in [1.54, 1.807) is 0 Å². The molecule has 3 aromatic carbocycles. The molecule has 0 amide bonds. The fourth-order valence-electron chi connectivity index (χ4n) is 2.50. The van der Waals surface area contributed by atoms with Crippen LogP contribution < -0.4 is 0 Å². The lowest BCUT2D eigenvalue weighted by Crippen LogP contribution is -1.99. The SMILES string of the molecule is C=C(c1ccc(-c2ccccc2)cc1)C(O)c1ccccc1. The van der Waals surface area contributed by atoms with Crippen LogP contribution in [0.1, 0.15) is 17.2 Å². The Bertz CT molecular complexity index is 743. The Morgan fingerprint density at radius 1 is 0.682 bits per heavy atom. The molecule has 3 rings (SSSR count). The summed E-state index contributed by atoms with van der Waals surface area (Å²) in [6.07, 6.45) is -0.677. The van der Waals surface area contributed by atoms with E-state index in [0.717, 1.165) is 16.7 Å². The van der Waals surface area contributed by atoms with Crippen LogP contribution in [-0.2, 0) is 0 Å². The third-order valence-electron chi connectivity index (χ3n) is 3.81. The fourth-order valence-corrected chi connectivity index (χ4v) is 2.50. The normalized spacial score (nSPS) is 11.9. The molecule has 1 heteroatoms. The average Bonchev–Trinajstić information content (AvgIpc) is 2.62. The van der Waals surface area contributed by atoms with Gasteiger partial charge in [-0.05, 0) is 27.8 Å². The van der Waals surface area contributed by atoms with E-state index in [2.05, 4.69) is 30.8 Å². The van der Waals surface area contributed by atoms with E-state index in [1.165, 1.54) is 5.56 Å². The number of aliphatic hydroxyl groups is 1. The van der Waals surface area contributed by atoms with E-state index in [0.29, 0.717) is 5.57 Å². The maximum atomic E-state index is 10.4. The molecule has 1 nitrogen and oxygen atoms in total. The van der Waals surface area contributed by atoms with Gasteiger partial charge in [-0.25, -0.2) is 0 Å². The van der Waals surface area contributed by atoms with E-state index >= 15 is 0 Å². The van der Waals surface area contributed by atoms with Crippen molar-refractivity contribution >= 4 is 5.57 Å². The molecule has 108 valence electrons. The van der Waals surface area contributed by atoms with Crippen LogP contribution in [0.2, 0.25) is 0 Å². The van der Waals surface area contributed by atoms with Crippen molar-refractivity contribution < 1.29 is 5.11 Å². The first kappa shape index (κ1) is 14.3. The van der Waals surface area contributed by atoms with Crippen LogP contribution in [0, 0.1) is 0 Å². The molecule has 0 saturated heterocycles. The van der Waals surface area contributed by atoms with Crippen LogP contribution in [-0.4, -0.2) is 5.11 Å². The Morgan fingerprint density at radius 2 is 1.18 bits per heavy atom. The van der Waals surface area contributed by atoms with Gasteiger partial charge in [0.25, 0.3) is 0 Å². The zero-order valence-electron chi connectivity index (χ0n) is 12.3. The van der Waals surface area contributed by atoms with Crippen LogP contribution in [0.5, 0.6) is 0 Å². The van der Waals surface area contributed by atoms with Crippen molar-refractivity contribution in [2.75, 3.05) is 0 Å². The first-order valence-corrected chi connectivity index (χ1v) is 7.33. The van der Waals surface area contributed by atoms with E-state index in [9.17, 15) is 5.11 Å². The standard InChI is InChI=1S/C21H18O/c1-16(21(22)20-10-6-3-7-11-20)17-12-14-19(15-13-17)18-8-4-2-5-9-18/h2-15,21-22H,1H2. The Morgan fingerprint density at radius 3 is 1.77 bits per heavy atom. The lowest BCUT2D eigenvalue weighted by molar-refractivity contribution is 0.238. The largest absolute Gasteiger partial charge is 0.384 e. The zero-order chi connectivity index (χ0) is 15.4. The van der Waals surface area contributed by atoms with Crippen molar-refractivity contribution in [2.45, 2.75) is 6.10 Å². The highest BCUT2D eigenvalue weighted by atomic mass is 16.3. The molecule has 0 aliphatic carbocycles. The summed E-state index contributed by atoms with van der Waals surface area (Å²) in [6, 6.07) is 28.0. The molecule has 0 fully saturated rings. The van der Waals surface area contributed by atoms with Gasteiger partial charge in [0.15, 0.2) is 0 Å². The van der Waals surface area contributed by atoms with E-state index in [1.807, 2.05) is 60.7 Å². The molecule has 0 bridgehead atoms. The molecule has 0 saturated carbocycles. The van der Waals surface area contributed by atoms with E-state index in [-0.39, 0.29) is 0 Å². The molecule has 0 aliphatic heterocycles. The Kier molecular flexibility index (Phi) is 4.17. The number of hydrogen-bond donors (Lipinski definition) is 1. The van der Waals surface area contributed by atoms with Crippen molar-refractivity contribution in [3.8, 4) is 11.1 Å². The average molecular weight is 286 g/mol. The number of hydrogen-bond acceptors (Lipinski definition) is 1. The number of benzene rings is 3. The van der Waals surface area contributed by atoms with Gasteiger partial charge in [0.2, 0.25) is 0 Å². The lowest BCUT2D eigenvalue weighted by Gasteiger charge is -2.15. The van der Waals surface area contributed by atoms with Gasteiger partial charge in [-0.3, -0.25) is 0 Å². The minimum absolute atomic E-state index is 0.677. The van der Waals surface area contributed by atoms with Crippen molar-refractivity contribution in [3.63, 3.8) is 0 Å². The summed E-state index contributed by atoms with van der Waals surface area (Å²) >= 11 is 0. The second kappa shape index (κ2) is 6.42. The minimum atomic E-state index is -0.677. The van der Waals surface area contributed by atoms with Crippen LogP contribution in [0.3, 0.4) is 0 Å². The Hall–Kier alpha value is -2.64. The van der Waals surface area contributed by atoms with Crippen LogP contribution in [0.15, 0.2) is 91.5 Å². The van der Waals surface area contributed by atoms with Gasteiger partial charge in [0, 0.05) is 0 Å². The van der Waals surface area contributed by atoms with Gasteiger partial charge in [0.05, 0.1) is 0 Å². The van der Waals surface area contributed by atoms with Gasteiger partial charge in [-0.1, -0.05) is 91.5 Å². The molecule has 22 heavy (non-hydrogen) atoms. The zero-order valence-corrected chi connectivity index (χ0v) is 12.3. The fraction of sp³-hybridized carbons (Fsp3) is 0.0476. The molecule has 3 aromatic rings. The monoisotopic (exact) mass is 286 g/mol. The summed E-state index contributed by atoms with van der Waals surface area (Å²) in [6.45, 7) is 4.05. The van der Waals surface area contributed by atoms with Crippen LogP contribution in [0.25, 0.3) is 16.7 Å². The van der Waals surface area contributed by atoms with Gasteiger partial charge in [-0.15, -0.1) is 0 Å². The summed E-state index contributed by atoms with van der Waals surface area (Å²) < 4.78 is 0. The molecule has 0 heterocycles. The summed E-state index contributed by atoms with van der Waals surface area (Å²) in [5, 5.41) is 10.4. The Balaban J connectivity index is 1.82. The van der Waals surface area contributed by atoms with Gasteiger partial charge in [0.1, 0.15) is 6.10 Å². The second-order valence-electron chi connectivity index (χ2n) is 5.28. The maximum absolute atomic E-state index is 10.4.